The first-order valence-corrected chi connectivity index (χ1v) is 7.31. The second kappa shape index (κ2) is 5.06. The molecular weight excluding hydrogens is 264 g/mol. The Kier molecular flexibility index (Phi) is 3.05. The van der Waals surface area contributed by atoms with Crippen molar-refractivity contribution in [2.75, 3.05) is 18.1 Å². The Hall–Kier alpha value is -2.04. The van der Waals surface area contributed by atoms with Gasteiger partial charge < -0.3 is 20.1 Å². The fraction of sp³-hybridized carbons (Fsp3) is 0.294. The average Bonchev–Trinajstić information content (AvgIpc) is 2.52. The van der Waals surface area contributed by atoms with Crippen LogP contribution in [0.3, 0.4) is 0 Å². The van der Waals surface area contributed by atoms with Crippen LogP contribution in [0.15, 0.2) is 48.5 Å². The summed E-state index contributed by atoms with van der Waals surface area (Å²) in [5.41, 5.74) is 8.25. The van der Waals surface area contributed by atoms with Gasteiger partial charge in [-0.3, -0.25) is 0 Å². The summed E-state index contributed by atoms with van der Waals surface area (Å²) in [5.74, 6) is 1.77. The molecule has 0 unspecified atom stereocenters. The zero-order chi connectivity index (χ0) is 14.2. The molecule has 4 rings (SSSR count). The maximum absolute atomic E-state index is 6.09. The van der Waals surface area contributed by atoms with Crippen LogP contribution in [0.4, 0.5) is 11.4 Å². The van der Waals surface area contributed by atoms with E-state index >= 15 is 0 Å². The monoisotopic (exact) mass is 282 g/mol. The van der Waals surface area contributed by atoms with E-state index in [1.54, 1.807) is 0 Å². The highest BCUT2D eigenvalue weighted by atomic mass is 16.5. The highest BCUT2D eigenvalue weighted by molar-refractivity contribution is 5.78. The highest BCUT2D eigenvalue weighted by Crippen LogP contribution is 2.47. The molecule has 4 heteroatoms. The predicted octanol–water partition coefficient (Wildman–Crippen LogP) is 3.05. The molecule has 2 aliphatic heterocycles. The summed E-state index contributed by atoms with van der Waals surface area (Å²) in [7, 11) is 0. The van der Waals surface area contributed by atoms with Gasteiger partial charge in [-0.1, -0.05) is 24.3 Å². The summed E-state index contributed by atoms with van der Waals surface area (Å²) >= 11 is 0. The van der Waals surface area contributed by atoms with E-state index in [4.69, 9.17) is 15.2 Å². The van der Waals surface area contributed by atoms with Crippen molar-refractivity contribution in [1.29, 1.82) is 0 Å². The Morgan fingerprint density at radius 1 is 0.905 bits per heavy atom. The molecule has 21 heavy (non-hydrogen) atoms. The quantitative estimate of drug-likeness (QED) is 0.873. The number of hydrogen-bond acceptors (Lipinski definition) is 4. The van der Waals surface area contributed by atoms with Gasteiger partial charge in [0.05, 0.1) is 30.6 Å². The Bertz CT molecular complexity index is 613. The summed E-state index contributed by atoms with van der Waals surface area (Å²) in [5, 5.41) is 0. The number of fused-ring (bicyclic) bond motifs is 2. The maximum atomic E-state index is 6.09. The number of anilines is 2. The van der Waals surface area contributed by atoms with Crippen LogP contribution in [0.2, 0.25) is 0 Å². The second-order valence-electron chi connectivity index (χ2n) is 5.59. The van der Waals surface area contributed by atoms with Crippen LogP contribution >= 0.6 is 0 Å². The lowest BCUT2D eigenvalue weighted by Gasteiger charge is -2.41. The van der Waals surface area contributed by atoms with Crippen molar-refractivity contribution < 1.29 is 9.47 Å². The summed E-state index contributed by atoms with van der Waals surface area (Å²) in [4.78, 5) is 2.31. The summed E-state index contributed by atoms with van der Waals surface area (Å²) in [6, 6.07) is 16.6. The van der Waals surface area contributed by atoms with E-state index in [1.807, 2.05) is 36.4 Å². The van der Waals surface area contributed by atoms with Crippen LogP contribution in [-0.2, 0) is 4.74 Å². The average molecular weight is 282 g/mol. The molecule has 0 saturated carbocycles. The van der Waals surface area contributed by atoms with Gasteiger partial charge >= 0.3 is 0 Å². The van der Waals surface area contributed by atoms with Crippen molar-refractivity contribution in [2.24, 2.45) is 5.73 Å². The molecule has 2 aromatic carbocycles. The number of benzene rings is 2. The first-order valence-electron chi connectivity index (χ1n) is 7.31. The Labute approximate surface area is 124 Å². The Morgan fingerprint density at radius 2 is 1.52 bits per heavy atom. The molecule has 108 valence electrons. The fourth-order valence-electron chi connectivity index (χ4n) is 3.15. The molecule has 2 heterocycles. The molecule has 0 amide bonds. The topological polar surface area (TPSA) is 47.7 Å². The Morgan fingerprint density at radius 3 is 2.14 bits per heavy atom. The van der Waals surface area contributed by atoms with Gasteiger partial charge in [0.2, 0.25) is 0 Å². The summed E-state index contributed by atoms with van der Waals surface area (Å²) in [6.45, 7) is 1.33. The molecule has 2 atom stereocenters. The van der Waals surface area contributed by atoms with Gasteiger partial charge in [-0.2, -0.15) is 0 Å². The Balaban J connectivity index is 1.81. The van der Waals surface area contributed by atoms with E-state index in [2.05, 4.69) is 17.0 Å². The standard InChI is InChI=1S/C17H18N2O2/c18-12-9-13(11-20-10-12)19-14-5-1-3-7-16(14)21-17-8-4-2-6-15(17)19/h1-8,12-13H,9-11,18H2/t12-,13+/m1/s1. The van der Waals surface area contributed by atoms with E-state index in [0.717, 1.165) is 29.3 Å². The maximum Gasteiger partial charge on any atom is 0.151 e. The number of para-hydroxylation sites is 4. The zero-order valence-corrected chi connectivity index (χ0v) is 11.7. The second-order valence-corrected chi connectivity index (χ2v) is 5.59. The van der Waals surface area contributed by atoms with Gasteiger partial charge in [-0.25, -0.2) is 0 Å². The molecule has 1 fully saturated rings. The lowest BCUT2D eigenvalue weighted by molar-refractivity contribution is 0.0675. The van der Waals surface area contributed by atoms with Gasteiger partial charge in [0.15, 0.2) is 11.5 Å². The van der Waals surface area contributed by atoms with E-state index in [9.17, 15) is 0 Å². The van der Waals surface area contributed by atoms with Gasteiger partial charge in [0.1, 0.15) is 0 Å². The highest BCUT2D eigenvalue weighted by Gasteiger charge is 2.32. The number of hydrogen-bond donors (Lipinski definition) is 1. The minimum absolute atomic E-state index is 0.0888. The van der Waals surface area contributed by atoms with Crippen molar-refractivity contribution in [3.63, 3.8) is 0 Å². The van der Waals surface area contributed by atoms with Gasteiger partial charge in [0.25, 0.3) is 0 Å². The molecule has 0 bridgehead atoms. The largest absolute Gasteiger partial charge is 0.453 e. The zero-order valence-electron chi connectivity index (χ0n) is 11.7. The van der Waals surface area contributed by atoms with Crippen molar-refractivity contribution in [3.8, 4) is 11.5 Å². The van der Waals surface area contributed by atoms with Gasteiger partial charge in [-0.15, -0.1) is 0 Å². The molecule has 2 aromatic rings. The molecule has 0 radical (unpaired) electrons. The lowest BCUT2D eigenvalue weighted by Crippen LogP contribution is -2.47. The number of ether oxygens (including phenoxy) is 2. The third kappa shape index (κ3) is 2.17. The number of nitrogens with zero attached hydrogens (tertiary/aromatic N) is 1. The van der Waals surface area contributed by atoms with Crippen LogP contribution in [0.5, 0.6) is 11.5 Å². The van der Waals surface area contributed by atoms with Crippen LogP contribution in [-0.4, -0.2) is 25.3 Å². The fourth-order valence-corrected chi connectivity index (χ4v) is 3.15. The van der Waals surface area contributed by atoms with Crippen LogP contribution in [0.25, 0.3) is 0 Å². The number of rotatable bonds is 1. The van der Waals surface area contributed by atoms with Crippen molar-refractivity contribution >= 4 is 11.4 Å². The molecule has 2 N–H and O–H groups in total. The minimum atomic E-state index is 0.0888. The van der Waals surface area contributed by atoms with Crippen LogP contribution < -0.4 is 15.4 Å². The molecule has 0 aliphatic carbocycles. The molecule has 1 saturated heterocycles. The molecule has 0 spiro atoms. The SMILES string of the molecule is N[C@H]1COC[C@@H](N2c3ccccc3Oc3ccccc32)C1. The van der Waals surface area contributed by atoms with Gasteiger partial charge in [-0.05, 0) is 30.7 Å². The van der Waals surface area contributed by atoms with Crippen molar-refractivity contribution in [1.82, 2.24) is 0 Å². The van der Waals surface area contributed by atoms with E-state index in [-0.39, 0.29) is 12.1 Å². The third-order valence-corrected chi connectivity index (χ3v) is 4.05. The molecule has 0 aromatic heterocycles. The van der Waals surface area contributed by atoms with E-state index in [0.29, 0.717) is 13.2 Å². The molecule has 4 nitrogen and oxygen atoms in total. The smallest absolute Gasteiger partial charge is 0.151 e. The van der Waals surface area contributed by atoms with Crippen molar-refractivity contribution in [2.45, 2.75) is 18.5 Å². The number of nitrogens with two attached hydrogens (primary N) is 1. The predicted molar refractivity (Wildman–Crippen MR) is 82.3 cm³/mol. The van der Waals surface area contributed by atoms with Crippen molar-refractivity contribution in [3.05, 3.63) is 48.5 Å². The first kappa shape index (κ1) is 12.7. The van der Waals surface area contributed by atoms with Crippen LogP contribution in [0.1, 0.15) is 6.42 Å². The van der Waals surface area contributed by atoms with E-state index in [1.165, 1.54) is 0 Å². The molecular formula is C17H18N2O2. The lowest BCUT2D eigenvalue weighted by atomic mass is 10.0. The normalized spacial score (nSPS) is 24.0. The molecule has 2 aliphatic rings. The summed E-state index contributed by atoms with van der Waals surface area (Å²) < 4.78 is 11.7. The van der Waals surface area contributed by atoms with Crippen LogP contribution in [0, 0.1) is 0 Å². The third-order valence-electron chi connectivity index (χ3n) is 4.05. The summed E-state index contributed by atoms with van der Waals surface area (Å²) in [6.07, 6.45) is 0.919. The van der Waals surface area contributed by atoms with E-state index < -0.39 is 0 Å². The van der Waals surface area contributed by atoms with Gasteiger partial charge in [0, 0.05) is 6.04 Å². The minimum Gasteiger partial charge on any atom is -0.453 e. The first-order chi connectivity index (χ1) is 10.3.